The third-order valence-electron chi connectivity index (χ3n) is 4.79. The van der Waals surface area contributed by atoms with Gasteiger partial charge in [-0.05, 0) is 48.4 Å². The Morgan fingerprint density at radius 2 is 1.79 bits per heavy atom. The van der Waals surface area contributed by atoms with Crippen molar-refractivity contribution in [3.05, 3.63) is 90.5 Å². The average molecular weight is 474 g/mol. The number of nitrogens with one attached hydrogen (secondary N) is 2. The Morgan fingerprint density at radius 1 is 1.00 bits per heavy atom. The van der Waals surface area contributed by atoms with Crippen molar-refractivity contribution in [1.29, 1.82) is 0 Å². The molecule has 4 aromatic rings. The van der Waals surface area contributed by atoms with Crippen LogP contribution in [-0.2, 0) is 9.59 Å². The number of rotatable bonds is 8. The maximum Gasteiger partial charge on any atom is 0.248 e. The van der Waals surface area contributed by atoms with Crippen LogP contribution in [0.3, 0.4) is 0 Å². The standard InChI is InChI=1S/C26H23N3O2S2/c1-2-22(25(31)29-26-28-21-13-6-7-14-23(21)33-26)32-20-12-8-11-19(17-20)27-24(30)16-15-18-9-4-3-5-10-18/h3-17,22H,2H2,1H3,(H,27,30)(H,28,29,31)/b16-15+. The summed E-state index contributed by atoms with van der Waals surface area (Å²) >= 11 is 2.94. The van der Waals surface area contributed by atoms with Gasteiger partial charge < -0.3 is 10.6 Å². The van der Waals surface area contributed by atoms with Crippen molar-refractivity contribution in [3.63, 3.8) is 0 Å². The van der Waals surface area contributed by atoms with Crippen LogP contribution in [0.25, 0.3) is 16.3 Å². The zero-order chi connectivity index (χ0) is 23.0. The van der Waals surface area contributed by atoms with E-state index in [9.17, 15) is 9.59 Å². The minimum absolute atomic E-state index is 0.0817. The lowest BCUT2D eigenvalue weighted by atomic mass is 10.2. The fraction of sp³-hybridized carbons (Fsp3) is 0.115. The molecule has 0 saturated heterocycles. The molecule has 2 amide bonds. The van der Waals surface area contributed by atoms with E-state index in [4.69, 9.17) is 0 Å². The molecule has 0 aliphatic heterocycles. The van der Waals surface area contributed by atoms with Crippen LogP contribution in [0.4, 0.5) is 10.8 Å². The van der Waals surface area contributed by atoms with Gasteiger partial charge in [-0.15, -0.1) is 11.8 Å². The van der Waals surface area contributed by atoms with Crippen molar-refractivity contribution in [1.82, 2.24) is 4.98 Å². The molecule has 1 heterocycles. The van der Waals surface area contributed by atoms with Gasteiger partial charge in [-0.1, -0.05) is 66.8 Å². The van der Waals surface area contributed by atoms with Gasteiger partial charge in [0.25, 0.3) is 0 Å². The molecule has 0 aliphatic rings. The maximum atomic E-state index is 12.9. The van der Waals surface area contributed by atoms with Crippen molar-refractivity contribution in [2.45, 2.75) is 23.5 Å². The van der Waals surface area contributed by atoms with Crippen molar-refractivity contribution < 1.29 is 9.59 Å². The maximum absolute atomic E-state index is 12.9. The van der Waals surface area contributed by atoms with E-state index in [1.807, 2.05) is 85.8 Å². The number of hydrogen-bond donors (Lipinski definition) is 2. The predicted octanol–water partition coefficient (Wildman–Crippen LogP) is 6.46. The molecule has 0 bridgehead atoms. The first-order valence-corrected chi connectivity index (χ1v) is 12.3. The second-order valence-electron chi connectivity index (χ2n) is 7.25. The molecule has 0 fully saturated rings. The molecule has 166 valence electrons. The SMILES string of the molecule is CCC(Sc1cccc(NC(=O)/C=C/c2ccccc2)c1)C(=O)Nc1nc2ccccc2s1. The number of anilines is 2. The van der Waals surface area contributed by atoms with Crippen molar-refractivity contribution in [2.24, 2.45) is 0 Å². The molecule has 0 aliphatic carbocycles. The van der Waals surface area contributed by atoms with Gasteiger partial charge in [0.05, 0.1) is 15.5 Å². The number of thioether (sulfide) groups is 1. The number of carbonyl (C=O) groups is 2. The first-order chi connectivity index (χ1) is 16.1. The molecule has 1 atom stereocenters. The smallest absolute Gasteiger partial charge is 0.248 e. The fourth-order valence-electron chi connectivity index (χ4n) is 3.17. The number of aromatic nitrogens is 1. The van der Waals surface area contributed by atoms with E-state index in [1.165, 1.54) is 29.2 Å². The number of fused-ring (bicyclic) bond motifs is 1. The number of para-hydroxylation sites is 1. The van der Waals surface area contributed by atoms with E-state index >= 15 is 0 Å². The summed E-state index contributed by atoms with van der Waals surface area (Å²) in [5, 5.41) is 6.16. The molecule has 5 nitrogen and oxygen atoms in total. The van der Waals surface area contributed by atoms with Crippen LogP contribution in [-0.4, -0.2) is 22.0 Å². The largest absolute Gasteiger partial charge is 0.322 e. The van der Waals surface area contributed by atoms with Crippen LogP contribution in [0.2, 0.25) is 0 Å². The number of benzene rings is 3. The third-order valence-corrected chi connectivity index (χ3v) is 7.10. The Bertz CT molecular complexity index is 1250. The zero-order valence-electron chi connectivity index (χ0n) is 18.0. The summed E-state index contributed by atoms with van der Waals surface area (Å²) in [4.78, 5) is 30.5. The highest BCUT2D eigenvalue weighted by atomic mass is 32.2. The molecule has 0 saturated carbocycles. The molecule has 1 aromatic heterocycles. The van der Waals surface area contributed by atoms with E-state index in [2.05, 4.69) is 15.6 Å². The lowest BCUT2D eigenvalue weighted by molar-refractivity contribution is -0.115. The number of carbonyl (C=O) groups excluding carboxylic acids is 2. The van der Waals surface area contributed by atoms with Crippen LogP contribution in [0.5, 0.6) is 0 Å². The normalized spacial score (nSPS) is 12.0. The second-order valence-corrected chi connectivity index (χ2v) is 9.56. The van der Waals surface area contributed by atoms with E-state index in [0.717, 1.165) is 20.7 Å². The molecule has 4 rings (SSSR count). The summed E-state index contributed by atoms with van der Waals surface area (Å²) in [6, 6.07) is 25.0. The van der Waals surface area contributed by atoms with Crippen molar-refractivity contribution in [2.75, 3.05) is 10.6 Å². The molecule has 7 heteroatoms. The van der Waals surface area contributed by atoms with Gasteiger partial charge in [0.1, 0.15) is 0 Å². The Balaban J connectivity index is 1.38. The summed E-state index contributed by atoms with van der Waals surface area (Å²) < 4.78 is 1.04. The van der Waals surface area contributed by atoms with E-state index in [-0.39, 0.29) is 17.1 Å². The first kappa shape index (κ1) is 22.8. The van der Waals surface area contributed by atoms with Gasteiger partial charge in [-0.25, -0.2) is 4.98 Å². The van der Waals surface area contributed by atoms with Crippen LogP contribution < -0.4 is 10.6 Å². The minimum Gasteiger partial charge on any atom is -0.322 e. The highest BCUT2D eigenvalue weighted by Crippen LogP contribution is 2.30. The molecular weight excluding hydrogens is 450 g/mol. The molecule has 3 aromatic carbocycles. The Morgan fingerprint density at radius 3 is 2.58 bits per heavy atom. The van der Waals surface area contributed by atoms with Crippen molar-refractivity contribution in [3.8, 4) is 0 Å². The molecule has 2 N–H and O–H groups in total. The topological polar surface area (TPSA) is 71.1 Å². The molecule has 1 unspecified atom stereocenters. The minimum atomic E-state index is -0.277. The number of hydrogen-bond acceptors (Lipinski definition) is 5. The zero-order valence-corrected chi connectivity index (χ0v) is 19.7. The van der Waals surface area contributed by atoms with Gasteiger partial charge in [-0.2, -0.15) is 0 Å². The number of nitrogens with zero attached hydrogens (tertiary/aromatic N) is 1. The van der Waals surface area contributed by atoms with Crippen LogP contribution in [0, 0.1) is 0 Å². The molecular formula is C26H23N3O2S2. The summed E-state index contributed by atoms with van der Waals surface area (Å²) in [5.74, 6) is -0.289. The number of amides is 2. The second kappa shape index (κ2) is 10.9. The molecule has 0 radical (unpaired) electrons. The summed E-state index contributed by atoms with van der Waals surface area (Å²) in [7, 11) is 0. The highest BCUT2D eigenvalue weighted by Gasteiger charge is 2.19. The fourth-order valence-corrected chi connectivity index (χ4v) is 5.05. The number of thiazole rings is 1. The third kappa shape index (κ3) is 6.31. The van der Waals surface area contributed by atoms with E-state index in [1.54, 1.807) is 6.08 Å². The van der Waals surface area contributed by atoms with Crippen LogP contribution >= 0.6 is 23.1 Å². The van der Waals surface area contributed by atoms with Crippen LogP contribution in [0.1, 0.15) is 18.9 Å². The first-order valence-electron chi connectivity index (χ1n) is 10.6. The highest BCUT2D eigenvalue weighted by molar-refractivity contribution is 8.00. The van der Waals surface area contributed by atoms with Crippen LogP contribution in [0.15, 0.2) is 89.8 Å². The van der Waals surface area contributed by atoms with Gasteiger partial charge in [0.2, 0.25) is 11.8 Å². The Kier molecular flexibility index (Phi) is 7.55. The monoisotopic (exact) mass is 473 g/mol. The van der Waals surface area contributed by atoms with Gasteiger partial charge >= 0.3 is 0 Å². The summed E-state index contributed by atoms with van der Waals surface area (Å²) in [5.41, 5.74) is 2.52. The van der Waals surface area contributed by atoms with Gasteiger partial charge in [-0.3, -0.25) is 9.59 Å². The lowest BCUT2D eigenvalue weighted by Crippen LogP contribution is -2.24. The van der Waals surface area contributed by atoms with Crippen molar-refractivity contribution >= 4 is 62.0 Å². The van der Waals surface area contributed by atoms with Gasteiger partial charge in [0, 0.05) is 16.7 Å². The Labute approximate surface area is 200 Å². The quantitative estimate of drug-likeness (QED) is 0.228. The Hall–Kier alpha value is -3.42. The van der Waals surface area contributed by atoms with E-state index < -0.39 is 0 Å². The molecule has 0 spiro atoms. The summed E-state index contributed by atoms with van der Waals surface area (Å²) in [6.07, 6.45) is 3.95. The average Bonchev–Trinajstić information content (AvgIpc) is 3.24. The van der Waals surface area contributed by atoms with E-state index in [0.29, 0.717) is 17.2 Å². The summed E-state index contributed by atoms with van der Waals surface area (Å²) in [6.45, 7) is 1.98. The molecule has 33 heavy (non-hydrogen) atoms. The lowest BCUT2D eigenvalue weighted by Gasteiger charge is -2.14. The predicted molar refractivity (Wildman–Crippen MR) is 139 cm³/mol. The van der Waals surface area contributed by atoms with Gasteiger partial charge in [0.15, 0.2) is 5.13 Å².